The summed E-state index contributed by atoms with van der Waals surface area (Å²) >= 11 is 0. The highest BCUT2D eigenvalue weighted by Gasteiger charge is 2.24. The Kier molecular flexibility index (Phi) is 4.84. The smallest absolute Gasteiger partial charge is 0.237 e. The van der Waals surface area contributed by atoms with Crippen molar-refractivity contribution in [1.29, 1.82) is 0 Å². The van der Waals surface area contributed by atoms with Crippen molar-refractivity contribution >= 4 is 5.91 Å². The van der Waals surface area contributed by atoms with Crippen molar-refractivity contribution in [2.45, 2.75) is 31.8 Å². The minimum Gasteiger partial charge on any atom is -0.497 e. The first kappa shape index (κ1) is 14.7. The second-order valence-corrected chi connectivity index (χ2v) is 4.98. The summed E-state index contributed by atoms with van der Waals surface area (Å²) in [7, 11) is 3.28. The molecule has 0 bridgehead atoms. The number of benzene rings is 1. The molecule has 0 spiro atoms. The van der Waals surface area contributed by atoms with Gasteiger partial charge in [0.2, 0.25) is 5.91 Å². The maximum Gasteiger partial charge on any atom is 0.237 e. The molecule has 110 valence electrons. The van der Waals surface area contributed by atoms with E-state index in [4.69, 9.17) is 9.47 Å². The van der Waals surface area contributed by atoms with E-state index >= 15 is 0 Å². The van der Waals surface area contributed by atoms with Crippen molar-refractivity contribution in [2.75, 3.05) is 20.8 Å². The van der Waals surface area contributed by atoms with Crippen LogP contribution in [0.15, 0.2) is 18.2 Å². The predicted molar refractivity (Wildman–Crippen MR) is 77.1 cm³/mol. The summed E-state index contributed by atoms with van der Waals surface area (Å²) in [6.45, 7) is 2.80. The zero-order chi connectivity index (χ0) is 14.5. The van der Waals surface area contributed by atoms with Gasteiger partial charge in [0.25, 0.3) is 0 Å². The zero-order valence-electron chi connectivity index (χ0n) is 12.2. The third-order valence-corrected chi connectivity index (χ3v) is 3.64. The van der Waals surface area contributed by atoms with Gasteiger partial charge in [0, 0.05) is 18.2 Å². The molecule has 1 amide bonds. The molecular formula is C15H22N2O3. The number of carbonyl (C=O) groups excluding carboxylic acids is 1. The fourth-order valence-electron chi connectivity index (χ4n) is 2.50. The number of methoxy groups -OCH3 is 2. The van der Waals surface area contributed by atoms with Crippen LogP contribution >= 0.6 is 0 Å². The Morgan fingerprint density at radius 3 is 2.80 bits per heavy atom. The summed E-state index contributed by atoms with van der Waals surface area (Å²) in [6, 6.07) is 5.55. The van der Waals surface area contributed by atoms with Crippen molar-refractivity contribution < 1.29 is 14.3 Å². The second kappa shape index (κ2) is 6.61. The van der Waals surface area contributed by atoms with Gasteiger partial charge in [-0.1, -0.05) is 0 Å². The fourth-order valence-corrected chi connectivity index (χ4v) is 2.50. The van der Waals surface area contributed by atoms with Crippen LogP contribution < -0.4 is 20.1 Å². The lowest BCUT2D eigenvalue weighted by molar-refractivity contribution is -0.124. The molecule has 2 unspecified atom stereocenters. The first-order valence-corrected chi connectivity index (χ1v) is 6.91. The molecule has 2 N–H and O–H groups in total. The van der Waals surface area contributed by atoms with Crippen LogP contribution in [0.4, 0.5) is 0 Å². The molecule has 0 aromatic heterocycles. The Morgan fingerprint density at radius 1 is 1.35 bits per heavy atom. The summed E-state index contributed by atoms with van der Waals surface area (Å²) in [4.78, 5) is 11.8. The molecule has 1 aromatic carbocycles. The van der Waals surface area contributed by atoms with E-state index in [1.165, 1.54) is 0 Å². The molecule has 2 rings (SSSR count). The standard InChI is InChI=1S/C15H22N2O3/c1-10(17-13-5-4-8-16-15(13)18)12-9-11(19-2)6-7-14(12)20-3/h6-7,9-10,13,17H,4-5,8H2,1-3H3,(H,16,18). The molecule has 0 saturated carbocycles. The van der Waals surface area contributed by atoms with Crippen LogP contribution in [0, 0.1) is 0 Å². The van der Waals surface area contributed by atoms with E-state index in [1.54, 1.807) is 14.2 Å². The van der Waals surface area contributed by atoms with Crippen LogP contribution in [-0.2, 0) is 4.79 Å². The van der Waals surface area contributed by atoms with Crippen LogP contribution in [0.2, 0.25) is 0 Å². The van der Waals surface area contributed by atoms with Crippen LogP contribution in [0.1, 0.15) is 31.4 Å². The SMILES string of the molecule is COc1ccc(OC)c(C(C)NC2CCCNC2=O)c1. The topological polar surface area (TPSA) is 59.6 Å². The van der Waals surface area contributed by atoms with Gasteiger partial charge >= 0.3 is 0 Å². The number of hydrogen-bond acceptors (Lipinski definition) is 4. The number of hydrogen-bond donors (Lipinski definition) is 2. The van der Waals surface area contributed by atoms with Gasteiger partial charge in [-0.25, -0.2) is 0 Å². The first-order valence-electron chi connectivity index (χ1n) is 6.91. The van der Waals surface area contributed by atoms with Crippen LogP contribution in [-0.4, -0.2) is 32.7 Å². The average molecular weight is 278 g/mol. The lowest BCUT2D eigenvalue weighted by Gasteiger charge is -2.27. The third-order valence-electron chi connectivity index (χ3n) is 3.64. The molecule has 5 nitrogen and oxygen atoms in total. The van der Waals surface area contributed by atoms with E-state index in [2.05, 4.69) is 10.6 Å². The average Bonchev–Trinajstić information content (AvgIpc) is 2.48. The van der Waals surface area contributed by atoms with Crippen molar-refractivity contribution in [3.63, 3.8) is 0 Å². The van der Waals surface area contributed by atoms with Gasteiger partial charge in [0.05, 0.1) is 20.3 Å². The summed E-state index contributed by atoms with van der Waals surface area (Å²) in [6.07, 6.45) is 1.87. The van der Waals surface area contributed by atoms with Gasteiger partial charge in [-0.15, -0.1) is 0 Å². The van der Waals surface area contributed by atoms with E-state index in [0.29, 0.717) is 0 Å². The number of rotatable bonds is 5. The van der Waals surface area contributed by atoms with Crippen molar-refractivity contribution in [1.82, 2.24) is 10.6 Å². The molecular weight excluding hydrogens is 256 g/mol. The van der Waals surface area contributed by atoms with Gasteiger partial charge in [-0.05, 0) is 38.0 Å². The predicted octanol–water partition coefficient (Wildman–Crippen LogP) is 1.63. The van der Waals surface area contributed by atoms with E-state index in [9.17, 15) is 4.79 Å². The van der Waals surface area contributed by atoms with E-state index in [1.807, 2.05) is 25.1 Å². The number of carbonyl (C=O) groups is 1. The number of nitrogens with one attached hydrogen (secondary N) is 2. The molecule has 5 heteroatoms. The first-order chi connectivity index (χ1) is 9.65. The highest BCUT2D eigenvalue weighted by atomic mass is 16.5. The maximum absolute atomic E-state index is 11.8. The summed E-state index contributed by atoms with van der Waals surface area (Å²) < 4.78 is 10.6. The molecule has 1 aliphatic rings. The normalized spacial score (nSPS) is 20.1. The lowest BCUT2D eigenvalue weighted by Crippen LogP contribution is -2.48. The molecule has 0 aliphatic carbocycles. The lowest BCUT2D eigenvalue weighted by atomic mass is 10.0. The maximum atomic E-state index is 11.8. The minimum atomic E-state index is -0.144. The molecule has 20 heavy (non-hydrogen) atoms. The van der Waals surface area contributed by atoms with E-state index in [0.717, 1.165) is 36.4 Å². The molecule has 1 fully saturated rings. The van der Waals surface area contributed by atoms with Gasteiger partial charge in [-0.3, -0.25) is 10.1 Å². The van der Waals surface area contributed by atoms with Crippen LogP contribution in [0.25, 0.3) is 0 Å². The van der Waals surface area contributed by atoms with Crippen LogP contribution in [0.3, 0.4) is 0 Å². The molecule has 0 radical (unpaired) electrons. The Morgan fingerprint density at radius 2 is 2.15 bits per heavy atom. The number of ether oxygens (including phenoxy) is 2. The fraction of sp³-hybridized carbons (Fsp3) is 0.533. The molecule has 1 aromatic rings. The highest BCUT2D eigenvalue weighted by molar-refractivity contribution is 5.82. The molecule has 1 heterocycles. The van der Waals surface area contributed by atoms with Crippen molar-refractivity contribution in [2.24, 2.45) is 0 Å². The van der Waals surface area contributed by atoms with Crippen molar-refractivity contribution in [3.8, 4) is 11.5 Å². The Balaban J connectivity index is 2.14. The summed E-state index contributed by atoms with van der Waals surface area (Å²) in [5, 5.41) is 6.25. The quantitative estimate of drug-likeness (QED) is 0.859. The van der Waals surface area contributed by atoms with E-state index < -0.39 is 0 Å². The molecule has 2 atom stereocenters. The number of amides is 1. The molecule has 1 aliphatic heterocycles. The largest absolute Gasteiger partial charge is 0.497 e. The summed E-state index contributed by atoms with van der Waals surface area (Å²) in [5.41, 5.74) is 0.991. The zero-order valence-corrected chi connectivity index (χ0v) is 12.2. The Hall–Kier alpha value is -1.75. The van der Waals surface area contributed by atoms with Crippen molar-refractivity contribution in [3.05, 3.63) is 23.8 Å². The van der Waals surface area contributed by atoms with Gasteiger partial charge < -0.3 is 14.8 Å². The van der Waals surface area contributed by atoms with Gasteiger partial charge in [-0.2, -0.15) is 0 Å². The van der Waals surface area contributed by atoms with Gasteiger partial charge in [0.15, 0.2) is 0 Å². The minimum absolute atomic E-state index is 0.00824. The monoisotopic (exact) mass is 278 g/mol. The highest BCUT2D eigenvalue weighted by Crippen LogP contribution is 2.29. The Labute approximate surface area is 119 Å². The Bertz CT molecular complexity index is 476. The van der Waals surface area contributed by atoms with Crippen LogP contribution in [0.5, 0.6) is 11.5 Å². The molecule has 1 saturated heterocycles. The second-order valence-electron chi connectivity index (χ2n) is 4.98. The third kappa shape index (κ3) is 3.22. The summed E-state index contributed by atoms with van der Waals surface area (Å²) in [5.74, 6) is 1.65. The number of piperidine rings is 1. The van der Waals surface area contributed by atoms with Gasteiger partial charge in [0.1, 0.15) is 11.5 Å². The van der Waals surface area contributed by atoms with E-state index in [-0.39, 0.29) is 18.0 Å².